The lowest BCUT2D eigenvalue weighted by atomic mass is 10.1. The second-order valence-corrected chi connectivity index (χ2v) is 5.25. The number of hydrogen-bond acceptors (Lipinski definition) is 2. The largest absolute Gasteiger partial charge is 0.399 e. The first-order valence-electron chi connectivity index (χ1n) is 7.00. The van der Waals surface area contributed by atoms with Gasteiger partial charge in [0.25, 0.3) is 0 Å². The van der Waals surface area contributed by atoms with Crippen LogP contribution in [0.25, 0.3) is 16.9 Å². The number of nitrogen functional groups attached to an aromatic ring is 1. The minimum Gasteiger partial charge on any atom is -0.399 e. The van der Waals surface area contributed by atoms with E-state index in [4.69, 9.17) is 11.5 Å². The van der Waals surface area contributed by atoms with Crippen molar-refractivity contribution in [2.45, 2.75) is 6.92 Å². The van der Waals surface area contributed by atoms with Crippen LogP contribution in [-0.2, 0) is 0 Å². The van der Waals surface area contributed by atoms with Gasteiger partial charge in [-0.3, -0.25) is 4.79 Å². The highest BCUT2D eigenvalue weighted by Crippen LogP contribution is 2.26. The van der Waals surface area contributed by atoms with E-state index in [1.165, 1.54) is 0 Å². The molecule has 22 heavy (non-hydrogen) atoms. The van der Waals surface area contributed by atoms with Crippen molar-refractivity contribution in [3.05, 3.63) is 71.9 Å². The van der Waals surface area contributed by atoms with Crippen LogP contribution in [0.2, 0.25) is 0 Å². The maximum atomic E-state index is 11.3. The molecule has 0 aliphatic heterocycles. The van der Waals surface area contributed by atoms with Gasteiger partial charge in [0.1, 0.15) is 0 Å². The number of rotatable bonds is 3. The molecule has 0 aliphatic rings. The Balaban J connectivity index is 2.09. The van der Waals surface area contributed by atoms with Gasteiger partial charge in [-0.2, -0.15) is 0 Å². The molecule has 1 heterocycles. The van der Waals surface area contributed by atoms with E-state index in [0.717, 1.165) is 28.2 Å². The average molecular weight is 291 g/mol. The topological polar surface area (TPSA) is 74.0 Å². The van der Waals surface area contributed by atoms with Gasteiger partial charge in [-0.15, -0.1) is 0 Å². The number of nitrogens with two attached hydrogens (primary N) is 2. The highest BCUT2D eigenvalue weighted by molar-refractivity contribution is 5.93. The Morgan fingerprint density at radius 2 is 1.77 bits per heavy atom. The maximum absolute atomic E-state index is 11.3. The quantitative estimate of drug-likeness (QED) is 0.727. The van der Waals surface area contributed by atoms with Crippen molar-refractivity contribution in [3.63, 3.8) is 0 Å². The van der Waals surface area contributed by atoms with Crippen molar-refractivity contribution in [3.8, 4) is 16.9 Å². The molecule has 0 radical (unpaired) electrons. The molecule has 1 aromatic heterocycles. The molecule has 0 saturated carbocycles. The van der Waals surface area contributed by atoms with E-state index in [-0.39, 0.29) is 0 Å². The molecule has 0 spiro atoms. The van der Waals surface area contributed by atoms with Crippen LogP contribution in [0.4, 0.5) is 5.69 Å². The molecular formula is C18H17N3O. The summed E-state index contributed by atoms with van der Waals surface area (Å²) in [5.74, 6) is -0.416. The molecule has 1 amide bonds. The number of carbonyl (C=O) groups is 1. The van der Waals surface area contributed by atoms with Crippen molar-refractivity contribution in [2.75, 3.05) is 5.73 Å². The minimum absolute atomic E-state index is 0.416. The van der Waals surface area contributed by atoms with Gasteiger partial charge >= 0.3 is 0 Å². The first-order chi connectivity index (χ1) is 10.6. The van der Waals surface area contributed by atoms with E-state index in [2.05, 4.69) is 4.57 Å². The Bertz CT molecular complexity index is 832. The van der Waals surface area contributed by atoms with Crippen LogP contribution < -0.4 is 11.5 Å². The number of carbonyl (C=O) groups excluding carboxylic acids is 1. The molecule has 0 bridgehead atoms. The highest BCUT2D eigenvalue weighted by Gasteiger charge is 2.10. The number of benzene rings is 2. The number of amides is 1. The van der Waals surface area contributed by atoms with Crippen molar-refractivity contribution >= 4 is 11.6 Å². The molecule has 0 fully saturated rings. The zero-order valence-electron chi connectivity index (χ0n) is 12.3. The van der Waals surface area contributed by atoms with Crippen LogP contribution in [0, 0.1) is 6.92 Å². The van der Waals surface area contributed by atoms with Gasteiger partial charge in [-0.05, 0) is 60.5 Å². The molecular weight excluding hydrogens is 274 g/mol. The lowest BCUT2D eigenvalue weighted by Crippen LogP contribution is -2.11. The zero-order chi connectivity index (χ0) is 15.7. The smallest absolute Gasteiger partial charge is 0.248 e. The fraction of sp³-hybridized carbons (Fsp3) is 0.0556. The molecule has 4 nitrogen and oxygen atoms in total. The third kappa shape index (κ3) is 2.46. The summed E-state index contributed by atoms with van der Waals surface area (Å²) in [6, 6.07) is 17.3. The summed E-state index contributed by atoms with van der Waals surface area (Å²) in [7, 11) is 0. The van der Waals surface area contributed by atoms with Gasteiger partial charge in [0.2, 0.25) is 5.91 Å². The number of aromatic nitrogens is 1. The van der Waals surface area contributed by atoms with Crippen LogP contribution in [0.5, 0.6) is 0 Å². The molecule has 3 rings (SSSR count). The number of hydrogen-bond donors (Lipinski definition) is 2. The molecule has 4 heteroatoms. The van der Waals surface area contributed by atoms with Crippen LogP contribution in [0.15, 0.2) is 60.8 Å². The van der Waals surface area contributed by atoms with Crippen LogP contribution in [0.3, 0.4) is 0 Å². The molecule has 2 aromatic carbocycles. The number of anilines is 1. The summed E-state index contributed by atoms with van der Waals surface area (Å²) < 4.78 is 2.09. The van der Waals surface area contributed by atoms with E-state index in [1.54, 1.807) is 6.07 Å². The molecule has 0 saturated heterocycles. The first-order valence-corrected chi connectivity index (χ1v) is 7.00. The standard InChI is InChI=1S/C18H17N3O/c1-12-11-14(18(20)22)6-9-16(12)21-10-2-3-17(21)13-4-7-15(19)8-5-13/h2-11H,19H2,1H3,(H2,20,22). The predicted octanol–water partition coefficient (Wildman–Crippen LogP) is 3.13. The Morgan fingerprint density at radius 1 is 1.05 bits per heavy atom. The fourth-order valence-corrected chi connectivity index (χ4v) is 2.56. The molecule has 0 unspecified atom stereocenters. The van der Waals surface area contributed by atoms with E-state index in [9.17, 15) is 4.79 Å². The zero-order valence-corrected chi connectivity index (χ0v) is 12.3. The maximum Gasteiger partial charge on any atom is 0.248 e. The Kier molecular flexibility index (Phi) is 3.43. The van der Waals surface area contributed by atoms with Crippen molar-refractivity contribution in [2.24, 2.45) is 5.73 Å². The number of primary amides is 1. The van der Waals surface area contributed by atoms with Crippen molar-refractivity contribution in [1.29, 1.82) is 0 Å². The summed E-state index contributed by atoms with van der Waals surface area (Å²) in [6.45, 7) is 1.97. The average Bonchev–Trinajstić information content (AvgIpc) is 2.97. The summed E-state index contributed by atoms with van der Waals surface area (Å²) in [5.41, 5.74) is 16.5. The van der Waals surface area contributed by atoms with Gasteiger partial charge in [0.15, 0.2) is 0 Å². The lowest BCUT2D eigenvalue weighted by Gasteiger charge is -2.13. The van der Waals surface area contributed by atoms with Gasteiger partial charge < -0.3 is 16.0 Å². The summed E-state index contributed by atoms with van der Waals surface area (Å²) >= 11 is 0. The number of aryl methyl sites for hydroxylation is 1. The predicted molar refractivity (Wildman–Crippen MR) is 88.9 cm³/mol. The van der Waals surface area contributed by atoms with Crippen molar-refractivity contribution < 1.29 is 4.79 Å². The third-order valence-electron chi connectivity index (χ3n) is 3.70. The molecule has 110 valence electrons. The first kappa shape index (κ1) is 13.9. The van der Waals surface area contributed by atoms with E-state index in [1.807, 2.05) is 61.7 Å². The van der Waals surface area contributed by atoms with Crippen molar-refractivity contribution in [1.82, 2.24) is 4.57 Å². The van der Waals surface area contributed by atoms with Gasteiger partial charge in [-0.1, -0.05) is 12.1 Å². The normalized spacial score (nSPS) is 10.6. The van der Waals surface area contributed by atoms with Gasteiger partial charge in [0, 0.05) is 23.1 Å². The Labute approximate surface area is 129 Å². The van der Waals surface area contributed by atoms with E-state index >= 15 is 0 Å². The van der Waals surface area contributed by atoms with Crippen LogP contribution in [0.1, 0.15) is 15.9 Å². The molecule has 0 atom stereocenters. The van der Waals surface area contributed by atoms with E-state index in [0.29, 0.717) is 5.56 Å². The molecule has 4 N–H and O–H groups in total. The van der Waals surface area contributed by atoms with Crippen LogP contribution in [-0.4, -0.2) is 10.5 Å². The second-order valence-electron chi connectivity index (χ2n) is 5.25. The second kappa shape index (κ2) is 5.41. The Morgan fingerprint density at radius 3 is 2.41 bits per heavy atom. The summed E-state index contributed by atoms with van der Waals surface area (Å²) in [6.07, 6.45) is 2.00. The lowest BCUT2D eigenvalue weighted by molar-refractivity contribution is 0.1000. The molecule has 3 aromatic rings. The summed E-state index contributed by atoms with van der Waals surface area (Å²) in [4.78, 5) is 11.3. The SMILES string of the molecule is Cc1cc(C(N)=O)ccc1-n1cccc1-c1ccc(N)cc1. The summed E-state index contributed by atoms with van der Waals surface area (Å²) in [5, 5.41) is 0. The highest BCUT2D eigenvalue weighted by atomic mass is 16.1. The van der Waals surface area contributed by atoms with Gasteiger partial charge in [0.05, 0.1) is 5.69 Å². The monoisotopic (exact) mass is 291 g/mol. The molecule has 0 aliphatic carbocycles. The Hall–Kier alpha value is -3.01. The van der Waals surface area contributed by atoms with E-state index < -0.39 is 5.91 Å². The third-order valence-corrected chi connectivity index (χ3v) is 3.70. The van der Waals surface area contributed by atoms with Gasteiger partial charge in [-0.25, -0.2) is 0 Å². The van der Waals surface area contributed by atoms with Crippen LogP contribution >= 0.6 is 0 Å². The fourth-order valence-electron chi connectivity index (χ4n) is 2.56. The number of nitrogens with zero attached hydrogens (tertiary/aromatic N) is 1. The minimum atomic E-state index is -0.416.